The van der Waals surface area contributed by atoms with Crippen LogP contribution in [0.2, 0.25) is 0 Å². The molecule has 6 bridgehead atoms. The number of para-hydroxylation sites is 3. The molecule has 9 aliphatic rings. The van der Waals surface area contributed by atoms with E-state index in [2.05, 4.69) is 167 Å². The van der Waals surface area contributed by atoms with Gasteiger partial charge >= 0.3 is 0 Å². The van der Waals surface area contributed by atoms with Gasteiger partial charge in [0.15, 0.2) is 0 Å². The first-order valence-corrected chi connectivity index (χ1v) is 31.5. The highest BCUT2D eigenvalue weighted by atomic mass is 16.5. The molecule has 84 heavy (non-hydrogen) atoms. The molecule has 0 aliphatic carbocycles. The van der Waals surface area contributed by atoms with E-state index in [9.17, 15) is 0 Å². The molecule has 15 atom stereocenters. The van der Waals surface area contributed by atoms with Gasteiger partial charge in [-0.2, -0.15) is 0 Å². The Kier molecular flexibility index (Phi) is 16.1. The molecule has 0 spiro atoms. The first-order valence-electron chi connectivity index (χ1n) is 31.5. The van der Waals surface area contributed by atoms with Gasteiger partial charge in [0.25, 0.3) is 0 Å². The number of quaternary nitrogens is 3. The van der Waals surface area contributed by atoms with Crippen molar-refractivity contribution in [2.75, 3.05) is 59.1 Å². The monoisotopic (exact) mass is 1120 g/mol. The molecule has 9 unspecified atom stereocenters. The highest BCUT2D eigenvalue weighted by Gasteiger charge is 2.58. The fraction of sp³-hybridized carbons (Fsp3) is 0.400. The van der Waals surface area contributed by atoms with Crippen molar-refractivity contribution in [3.8, 4) is 0 Å². The van der Waals surface area contributed by atoms with E-state index in [1.165, 1.54) is 68.8 Å². The molecular weight excluding hydrogens is 1030 g/mol. The van der Waals surface area contributed by atoms with E-state index in [0.29, 0.717) is 55.3 Å². The lowest BCUT2D eigenvalue weighted by Gasteiger charge is -2.59. The highest BCUT2D eigenvalue weighted by molar-refractivity contribution is 5.84. The summed E-state index contributed by atoms with van der Waals surface area (Å²) < 4.78 is 24.3. The summed E-state index contributed by atoms with van der Waals surface area (Å²) in [4.78, 5) is 14.6. The van der Waals surface area contributed by atoms with Crippen LogP contribution in [0.15, 0.2) is 204 Å². The molecule has 0 amide bonds. The molecule has 0 N–H and O–H groups in total. The Balaban J connectivity index is 0.963. The highest BCUT2D eigenvalue weighted by Crippen LogP contribution is 2.53. The fourth-order valence-electron chi connectivity index (χ4n) is 18.1. The Morgan fingerprint density at radius 1 is 0.417 bits per heavy atom. The van der Waals surface area contributed by atoms with Crippen molar-refractivity contribution in [3.05, 3.63) is 237 Å². The Hall–Kier alpha value is -6.69. The summed E-state index contributed by atoms with van der Waals surface area (Å²) in [6, 6.07) is 41.1. The maximum atomic E-state index is 7.16. The van der Waals surface area contributed by atoms with Crippen molar-refractivity contribution in [3.63, 3.8) is 0 Å². The SMILES string of the molecule is C=CCO[C@H](c1ccnc2ccccc12)[C@H]1CC2CC[N+]1(Cc1cc(C[N+]34CCC(C[C@@H]3[C@H](OCC=C)c3ccnc5ccccc35)C(C=C)C4)cc(C[N+]34CCC(C[C@H]3[C@H](OCC=C)c3ccnc5ccccc35)C(C=C)C4)c1)CC2C=C. The fourth-order valence-corrected chi connectivity index (χ4v) is 18.1. The number of rotatable bonds is 24. The minimum absolute atomic E-state index is 0.144. The third kappa shape index (κ3) is 10.4. The van der Waals surface area contributed by atoms with Gasteiger partial charge in [-0.05, 0) is 89.0 Å². The van der Waals surface area contributed by atoms with Gasteiger partial charge in [-0.1, -0.05) is 91.1 Å². The predicted octanol–water partition coefficient (Wildman–Crippen LogP) is 14.9. The number of nitrogens with zero attached hydrogens (tertiary/aromatic N) is 6. The summed E-state index contributed by atoms with van der Waals surface area (Å²) in [5.74, 6) is 2.94. The number of benzene rings is 4. The number of pyridine rings is 3. The standard InChI is InChI=1S/C75H87N6O3/c1-7-37-82-73(64-25-31-76-67-22-16-13-19-61(64)67)70-43-58-28-34-79(70,49-55(58)10-4)46-52-40-53(47-80-35-29-59(56(11-5)50-80)44-71(80)74(83-38-8-2)65-26-32-77-68-23-17-14-20-62(65)68)42-54(41-52)48-81-36-30-60(57(12-6)51-81)45-72(81)75(84-39-9-3)66-27-33-78-69-24-18-15-21-63(66)69/h7-27,31-33,40-42,55-60,70-75H,1-6,28-30,34-39,43-51H2/q+3/t55?,56?,57?,58?,59?,60?,70-,71-,72+,73-,74-,75-,79?,80?,81?/m1/s1. The van der Waals surface area contributed by atoms with E-state index < -0.39 is 0 Å². The lowest BCUT2D eigenvalue weighted by Crippen LogP contribution is -2.68. The van der Waals surface area contributed by atoms with E-state index in [0.717, 1.165) is 108 Å². The van der Waals surface area contributed by atoms with Gasteiger partial charge in [0.1, 0.15) is 56.1 Å². The summed E-state index contributed by atoms with van der Waals surface area (Å²) in [6.07, 6.45) is 24.9. The average molecular weight is 1120 g/mol. The molecule has 432 valence electrons. The van der Waals surface area contributed by atoms with Crippen LogP contribution in [0.5, 0.6) is 0 Å². The zero-order chi connectivity index (χ0) is 57.4. The lowest BCUT2D eigenvalue weighted by atomic mass is 9.70. The predicted molar refractivity (Wildman–Crippen MR) is 340 cm³/mol. The summed E-state index contributed by atoms with van der Waals surface area (Å²) in [7, 11) is 0. The van der Waals surface area contributed by atoms with Crippen LogP contribution in [0.3, 0.4) is 0 Å². The van der Waals surface area contributed by atoms with E-state index in [1.807, 2.05) is 36.8 Å². The van der Waals surface area contributed by atoms with Crippen LogP contribution in [0.4, 0.5) is 0 Å². The lowest BCUT2D eigenvalue weighted by molar-refractivity contribution is -0.986. The molecule has 9 fully saturated rings. The van der Waals surface area contributed by atoms with Crippen LogP contribution < -0.4 is 0 Å². The maximum absolute atomic E-state index is 7.16. The minimum atomic E-state index is -0.144. The molecule has 4 aromatic carbocycles. The number of hydrogen-bond donors (Lipinski definition) is 0. The normalized spacial score (nSPS) is 30.6. The number of fused-ring (bicyclic) bond motifs is 12. The van der Waals surface area contributed by atoms with Crippen LogP contribution >= 0.6 is 0 Å². The van der Waals surface area contributed by atoms with E-state index in [1.54, 1.807) is 0 Å². The van der Waals surface area contributed by atoms with Crippen molar-refractivity contribution < 1.29 is 27.7 Å². The molecule has 3 aromatic heterocycles. The quantitative estimate of drug-likeness (QED) is 0.0444. The van der Waals surface area contributed by atoms with Gasteiger partial charge < -0.3 is 27.7 Å². The first kappa shape index (κ1) is 56.4. The second kappa shape index (κ2) is 24.0. The Morgan fingerprint density at radius 3 is 1.00 bits per heavy atom. The molecule has 7 aromatic rings. The molecule has 12 heterocycles. The molecule has 0 radical (unpaired) electrons. The molecule has 9 heteroatoms. The van der Waals surface area contributed by atoms with Crippen molar-refractivity contribution in [2.24, 2.45) is 35.5 Å². The van der Waals surface area contributed by atoms with Gasteiger partial charge in [0.2, 0.25) is 0 Å². The first-order chi connectivity index (χ1) is 41.2. The molecule has 9 saturated heterocycles. The minimum Gasteiger partial charge on any atom is -0.363 e. The molecular formula is C75H87N6O3+3. The Labute approximate surface area is 499 Å². The number of piperidine rings is 9. The number of hydrogen-bond acceptors (Lipinski definition) is 6. The Bertz CT molecular complexity index is 3200. The largest absolute Gasteiger partial charge is 0.363 e. The van der Waals surface area contributed by atoms with Crippen molar-refractivity contribution in [2.45, 2.75) is 94.6 Å². The van der Waals surface area contributed by atoms with Crippen molar-refractivity contribution in [1.29, 1.82) is 0 Å². The number of ether oxygens (including phenoxy) is 3. The zero-order valence-corrected chi connectivity index (χ0v) is 49.4. The van der Waals surface area contributed by atoms with Crippen molar-refractivity contribution >= 4 is 32.7 Å². The molecule has 9 nitrogen and oxygen atoms in total. The van der Waals surface area contributed by atoms with E-state index in [-0.39, 0.29) is 36.4 Å². The van der Waals surface area contributed by atoms with Crippen LogP contribution in [0.25, 0.3) is 32.7 Å². The summed E-state index contributed by atoms with van der Waals surface area (Å²) in [5, 5.41) is 3.51. The van der Waals surface area contributed by atoms with Gasteiger partial charge in [0, 0.05) is 108 Å². The van der Waals surface area contributed by atoms with Crippen LogP contribution in [-0.4, -0.2) is 106 Å². The topological polar surface area (TPSA) is 66.4 Å². The summed E-state index contributed by atoms with van der Waals surface area (Å²) in [5.41, 5.74) is 11.0. The van der Waals surface area contributed by atoms with Crippen LogP contribution in [0.1, 0.15) is 90.2 Å². The van der Waals surface area contributed by atoms with Gasteiger partial charge in [-0.15, -0.1) is 39.5 Å². The van der Waals surface area contributed by atoms with Gasteiger partial charge in [-0.3, -0.25) is 15.0 Å². The Morgan fingerprint density at radius 2 is 0.714 bits per heavy atom. The maximum Gasteiger partial charge on any atom is 0.135 e. The average Bonchev–Trinajstić information content (AvgIpc) is 2.16. The third-order valence-corrected chi connectivity index (χ3v) is 21.8. The number of aromatic nitrogens is 3. The van der Waals surface area contributed by atoms with E-state index in [4.69, 9.17) is 29.2 Å². The van der Waals surface area contributed by atoms with Gasteiger partial charge in [0.05, 0.1) is 75.6 Å². The second-order valence-corrected chi connectivity index (χ2v) is 26.1. The zero-order valence-electron chi connectivity index (χ0n) is 49.4. The van der Waals surface area contributed by atoms with Gasteiger partial charge in [-0.25, -0.2) is 0 Å². The second-order valence-electron chi connectivity index (χ2n) is 26.1. The smallest absolute Gasteiger partial charge is 0.135 e. The molecule has 0 saturated carbocycles. The van der Waals surface area contributed by atoms with Crippen molar-refractivity contribution in [1.82, 2.24) is 15.0 Å². The third-order valence-electron chi connectivity index (χ3n) is 21.8. The van der Waals surface area contributed by atoms with Crippen LogP contribution in [-0.2, 0) is 33.8 Å². The van der Waals surface area contributed by atoms with E-state index >= 15 is 0 Å². The molecule has 9 aliphatic heterocycles. The van der Waals surface area contributed by atoms with Crippen LogP contribution in [0, 0.1) is 35.5 Å². The summed E-state index contributed by atoms with van der Waals surface area (Å²) >= 11 is 0. The summed E-state index contributed by atoms with van der Waals surface area (Å²) in [6.45, 7) is 36.7. The molecule has 16 rings (SSSR count).